The number of hydrogen-bond acceptors (Lipinski definition) is 7. The molecule has 1 saturated heterocycles. The van der Waals surface area contributed by atoms with Gasteiger partial charge in [-0.2, -0.15) is 0 Å². The molecule has 2 heterocycles. The Balaban J connectivity index is 1.70. The van der Waals surface area contributed by atoms with Gasteiger partial charge in [0.05, 0.1) is 6.54 Å². The summed E-state index contributed by atoms with van der Waals surface area (Å²) in [5.74, 6) is -0.631. The Kier molecular flexibility index (Phi) is 11.5. The van der Waals surface area contributed by atoms with Crippen molar-refractivity contribution in [1.82, 2.24) is 16.0 Å². The van der Waals surface area contributed by atoms with Gasteiger partial charge in [-0.3, -0.25) is 19.2 Å². The molecule has 10 heteroatoms. The topological polar surface area (TPSA) is 114 Å². The number of carbonyl (C=O) groups is 4. The van der Waals surface area contributed by atoms with Crippen molar-refractivity contribution in [2.75, 3.05) is 18.1 Å². The monoisotopic (exact) mass is 609 g/mol. The van der Waals surface area contributed by atoms with E-state index in [9.17, 15) is 19.2 Å². The van der Waals surface area contributed by atoms with Crippen molar-refractivity contribution in [3.63, 3.8) is 0 Å². The lowest BCUT2D eigenvalue weighted by Crippen LogP contribution is -2.56. The highest BCUT2D eigenvalue weighted by atomic mass is 33.1. The van der Waals surface area contributed by atoms with Gasteiger partial charge >= 0.3 is 0 Å². The molecule has 4 atom stereocenters. The van der Waals surface area contributed by atoms with E-state index in [1.807, 2.05) is 68.5 Å². The van der Waals surface area contributed by atoms with E-state index < -0.39 is 35.9 Å². The van der Waals surface area contributed by atoms with Crippen molar-refractivity contribution in [2.45, 2.75) is 57.7 Å². The number of amides is 3. The Hall–Kier alpha value is -3.24. The Morgan fingerprint density at radius 3 is 2.55 bits per heavy atom. The number of Topliss-reactive ketones (excluding diaryl/α,β-unsaturated/α-hetero) is 1. The molecule has 0 radical (unpaired) electrons. The first-order valence-corrected chi connectivity index (χ1v) is 16.8. The lowest BCUT2D eigenvalue weighted by molar-refractivity contribution is -0.135. The highest BCUT2D eigenvalue weighted by Gasteiger charge is 2.32. The second-order valence-corrected chi connectivity index (χ2v) is 13.6. The van der Waals surface area contributed by atoms with Crippen LogP contribution in [-0.4, -0.2) is 59.7 Å². The van der Waals surface area contributed by atoms with Crippen molar-refractivity contribution in [2.24, 2.45) is 11.8 Å². The van der Waals surface area contributed by atoms with Crippen molar-refractivity contribution in [1.29, 1.82) is 0 Å². The van der Waals surface area contributed by atoms with Crippen LogP contribution in [0.25, 0.3) is 10.8 Å². The number of hydrogen-bond donors (Lipinski definition) is 3. The number of rotatable bonds is 3. The van der Waals surface area contributed by atoms with Crippen LogP contribution in [0, 0.1) is 11.8 Å². The zero-order chi connectivity index (χ0) is 30.1. The highest BCUT2D eigenvalue weighted by Crippen LogP contribution is 2.26. The second kappa shape index (κ2) is 15.3. The number of benzene rings is 2. The summed E-state index contributed by atoms with van der Waals surface area (Å²) in [4.78, 5) is 53.9. The second-order valence-electron chi connectivity index (χ2n) is 11.0. The lowest BCUT2D eigenvalue weighted by Gasteiger charge is -2.27. The first-order valence-electron chi connectivity index (χ1n) is 14.3. The minimum absolute atomic E-state index is 0.0275. The third kappa shape index (κ3) is 8.88. The molecule has 42 heavy (non-hydrogen) atoms. The van der Waals surface area contributed by atoms with Gasteiger partial charge in [0.25, 0.3) is 0 Å². The van der Waals surface area contributed by atoms with Crippen molar-refractivity contribution in [3.05, 3.63) is 72.5 Å². The molecule has 2 bridgehead atoms. The SMILES string of the molecule is C=C1CNC(=O)[C@@H](Cc2cccc3ccccc23)NC(=O)[C@H]2CSSCC/C=C/C(CC(=O)C[C@H](C(C)C)C(=O)N2)O1. The summed E-state index contributed by atoms with van der Waals surface area (Å²) in [7, 11) is 3.10. The highest BCUT2D eigenvalue weighted by molar-refractivity contribution is 8.76. The lowest BCUT2D eigenvalue weighted by atomic mass is 9.88. The van der Waals surface area contributed by atoms with Gasteiger partial charge in [-0.15, -0.1) is 0 Å². The van der Waals surface area contributed by atoms with Gasteiger partial charge in [0.2, 0.25) is 17.7 Å². The molecule has 3 amide bonds. The minimum atomic E-state index is -0.907. The van der Waals surface area contributed by atoms with E-state index in [-0.39, 0.29) is 43.4 Å². The minimum Gasteiger partial charge on any atom is -0.489 e. The zero-order valence-electron chi connectivity index (χ0n) is 24.1. The van der Waals surface area contributed by atoms with Crippen LogP contribution in [0.1, 0.15) is 38.7 Å². The van der Waals surface area contributed by atoms with Crippen molar-refractivity contribution < 1.29 is 23.9 Å². The smallest absolute Gasteiger partial charge is 0.244 e. The number of ether oxygens (including phenoxy) is 1. The van der Waals surface area contributed by atoms with E-state index >= 15 is 0 Å². The fraction of sp³-hybridized carbons (Fsp3) is 0.438. The predicted molar refractivity (Wildman–Crippen MR) is 170 cm³/mol. The molecule has 0 aliphatic carbocycles. The molecule has 4 rings (SSSR count). The normalized spacial score (nSPS) is 26.1. The van der Waals surface area contributed by atoms with Crippen LogP contribution >= 0.6 is 21.6 Å². The van der Waals surface area contributed by atoms with E-state index in [1.54, 1.807) is 10.8 Å². The molecule has 0 aromatic heterocycles. The third-order valence-electron chi connectivity index (χ3n) is 7.40. The summed E-state index contributed by atoms with van der Waals surface area (Å²) in [6.45, 7) is 7.79. The zero-order valence-corrected chi connectivity index (χ0v) is 25.7. The van der Waals surface area contributed by atoms with Crippen LogP contribution in [0.2, 0.25) is 0 Å². The quantitative estimate of drug-likeness (QED) is 0.351. The Morgan fingerprint density at radius 1 is 0.952 bits per heavy atom. The van der Waals surface area contributed by atoms with E-state index in [2.05, 4.69) is 22.5 Å². The van der Waals surface area contributed by atoms with E-state index in [4.69, 9.17) is 4.74 Å². The first-order chi connectivity index (χ1) is 20.2. The van der Waals surface area contributed by atoms with Gasteiger partial charge in [0.1, 0.15) is 29.7 Å². The summed E-state index contributed by atoms with van der Waals surface area (Å²) in [5.41, 5.74) is 0.915. The van der Waals surface area contributed by atoms with Gasteiger partial charge < -0.3 is 20.7 Å². The summed E-state index contributed by atoms with van der Waals surface area (Å²) in [6, 6.07) is 12.0. The average molecular weight is 610 g/mol. The van der Waals surface area contributed by atoms with Crippen molar-refractivity contribution in [3.8, 4) is 0 Å². The Morgan fingerprint density at radius 2 is 1.74 bits per heavy atom. The molecule has 2 aliphatic rings. The average Bonchev–Trinajstić information content (AvgIpc) is 2.96. The van der Waals surface area contributed by atoms with Crippen LogP contribution in [0.15, 0.2) is 67.0 Å². The predicted octanol–water partition coefficient (Wildman–Crippen LogP) is 4.34. The molecular weight excluding hydrogens is 571 g/mol. The number of allylic oxidation sites excluding steroid dienone is 1. The van der Waals surface area contributed by atoms with Crippen LogP contribution in [-0.2, 0) is 30.3 Å². The van der Waals surface area contributed by atoms with Crippen LogP contribution in [0.4, 0.5) is 0 Å². The maximum absolute atomic E-state index is 13.7. The molecule has 2 aromatic carbocycles. The molecule has 2 aliphatic heterocycles. The van der Waals surface area contributed by atoms with Crippen LogP contribution in [0.3, 0.4) is 0 Å². The number of ketones is 1. The van der Waals surface area contributed by atoms with Crippen molar-refractivity contribution >= 4 is 55.9 Å². The summed E-state index contributed by atoms with van der Waals surface area (Å²) >= 11 is 0. The Bertz CT molecular complexity index is 1340. The molecule has 0 saturated carbocycles. The fourth-order valence-corrected chi connectivity index (χ4v) is 7.23. The maximum atomic E-state index is 13.7. The molecule has 1 unspecified atom stereocenters. The maximum Gasteiger partial charge on any atom is 0.244 e. The standard InChI is InChI=1S/C32H39N3O5S2/c1-20(2)27-17-24(36)16-25-12-6-7-14-41-42-19-29(35-30(27)37)32(39)34-28(31(38)33-18-21(3)40-25)15-23-11-8-10-22-9-4-5-13-26(22)23/h4-6,8-13,20,25,27-29H,3,7,14-19H2,1-2H3,(H,33,38)(H,34,39)(H,35,37)/b12-6+/t25?,27-,28-,29-/m1/s1. The largest absolute Gasteiger partial charge is 0.489 e. The molecule has 8 nitrogen and oxygen atoms in total. The summed E-state index contributed by atoms with van der Waals surface area (Å²) in [5, 5.41) is 10.7. The first kappa shape index (κ1) is 31.7. The molecule has 1 fully saturated rings. The molecular formula is C32H39N3O5S2. The van der Waals surface area contributed by atoms with Gasteiger partial charge in [-0.25, -0.2) is 0 Å². The number of carbonyl (C=O) groups excluding carboxylic acids is 4. The van der Waals surface area contributed by atoms with Gasteiger partial charge in [-0.05, 0) is 34.8 Å². The summed E-state index contributed by atoms with van der Waals surface area (Å²) < 4.78 is 6.02. The molecule has 224 valence electrons. The number of nitrogens with one attached hydrogen (secondary N) is 3. The summed E-state index contributed by atoms with van der Waals surface area (Å²) in [6.07, 6.45) is 4.39. The van der Waals surface area contributed by atoms with E-state index in [0.717, 1.165) is 28.5 Å². The molecule has 3 N–H and O–H groups in total. The number of fused-ring (bicyclic) bond motifs is 8. The van der Waals surface area contributed by atoms with Gasteiger partial charge in [0, 0.05) is 36.7 Å². The van der Waals surface area contributed by atoms with Crippen LogP contribution < -0.4 is 16.0 Å². The van der Waals surface area contributed by atoms with E-state index in [0.29, 0.717) is 11.5 Å². The molecule has 0 spiro atoms. The van der Waals surface area contributed by atoms with E-state index in [1.165, 1.54) is 10.8 Å². The fourth-order valence-electron chi connectivity index (χ4n) is 5.07. The van der Waals surface area contributed by atoms with Crippen LogP contribution in [0.5, 0.6) is 0 Å². The Labute approximate surface area is 255 Å². The van der Waals surface area contributed by atoms with Gasteiger partial charge in [0.15, 0.2) is 0 Å². The van der Waals surface area contributed by atoms with Gasteiger partial charge in [-0.1, -0.05) is 90.6 Å². The third-order valence-corrected chi connectivity index (χ3v) is 9.85. The molecule has 2 aromatic rings.